The lowest BCUT2D eigenvalue weighted by Gasteiger charge is -2.13. The number of alkyl halides is 1. The maximum Gasteiger partial charge on any atom is 0.237 e. The maximum atomic E-state index is 11.5. The van der Waals surface area contributed by atoms with Crippen LogP contribution < -0.4 is 5.32 Å². The van der Waals surface area contributed by atoms with E-state index in [9.17, 15) is 4.79 Å². The highest BCUT2D eigenvalue weighted by atomic mass is 79.9. The van der Waals surface area contributed by atoms with Gasteiger partial charge in [-0.2, -0.15) is 0 Å². The second-order valence-electron chi connectivity index (χ2n) is 3.88. The van der Waals surface area contributed by atoms with Crippen molar-refractivity contribution in [3.63, 3.8) is 0 Å². The zero-order valence-electron chi connectivity index (χ0n) is 9.52. The number of anilines is 1. The van der Waals surface area contributed by atoms with E-state index in [1.165, 1.54) is 5.56 Å². The van der Waals surface area contributed by atoms with Gasteiger partial charge in [-0.05, 0) is 38.8 Å². The smallest absolute Gasteiger partial charge is 0.237 e. The fraction of sp³-hybridized carbons (Fsp3) is 0.417. The molecule has 0 bridgehead atoms. The van der Waals surface area contributed by atoms with Gasteiger partial charge >= 0.3 is 0 Å². The van der Waals surface area contributed by atoms with Gasteiger partial charge in [0.1, 0.15) is 0 Å². The monoisotopic (exact) mass is 269 g/mol. The summed E-state index contributed by atoms with van der Waals surface area (Å²) in [6.07, 6.45) is 0. The molecule has 1 atom stereocenters. The van der Waals surface area contributed by atoms with Crippen molar-refractivity contribution in [3.05, 3.63) is 28.8 Å². The molecule has 0 saturated carbocycles. The highest BCUT2D eigenvalue weighted by Gasteiger charge is 2.11. The first-order valence-electron chi connectivity index (χ1n) is 4.94. The molecule has 3 heteroatoms. The van der Waals surface area contributed by atoms with E-state index in [4.69, 9.17) is 0 Å². The molecular formula is C12H16BrNO. The summed E-state index contributed by atoms with van der Waals surface area (Å²) in [6, 6.07) is 4.14. The number of nitrogens with one attached hydrogen (secondary N) is 1. The van der Waals surface area contributed by atoms with Crippen LogP contribution in [0.2, 0.25) is 0 Å². The molecule has 82 valence electrons. The van der Waals surface area contributed by atoms with Gasteiger partial charge in [-0.3, -0.25) is 4.79 Å². The minimum Gasteiger partial charge on any atom is -0.325 e. The van der Waals surface area contributed by atoms with E-state index in [2.05, 4.69) is 40.3 Å². The van der Waals surface area contributed by atoms with Crippen LogP contribution >= 0.6 is 15.9 Å². The third-order valence-electron chi connectivity index (χ3n) is 2.29. The van der Waals surface area contributed by atoms with Gasteiger partial charge in [0.15, 0.2) is 0 Å². The Morgan fingerprint density at radius 2 is 1.73 bits per heavy atom. The normalized spacial score (nSPS) is 12.3. The molecule has 0 aliphatic rings. The molecule has 0 spiro atoms. The molecule has 0 aliphatic heterocycles. The molecule has 0 saturated heterocycles. The minimum absolute atomic E-state index is 0.00921. The predicted octanol–water partition coefficient (Wildman–Crippen LogP) is 3.33. The summed E-state index contributed by atoms with van der Waals surface area (Å²) in [5, 5.41) is 2.92. The van der Waals surface area contributed by atoms with Gasteiger partial charge < -0.3 is 5.32 Å². The Balaban J connectivity index is 3.00. The van der Waals surface area contributed by atoms with Crippen LogP contribution in [0.25, 0.3) is 0 Å². The summed E-state index contributed by atoms with van der Waals surface area (Å²) in [6.45, 7) is 7.88. The molecule has 0 fully saturated rings. The van der Waals surface area contributed by atoms with Crippen molar-refractivity contribution in [2.24, 2.45) is 0 Å². The number of aryl methyl sites for hydroxylation is 3. The summed E-state index contributed by atoms with van der Waals surface area (Å²) in [5.74, 6) is -0.00921. The number of hydrogen-bond donors (Lipinski definition) is 1. The Bertz CT molecular complexity index is 362. The molecule has 1 aromatic rings. The first-order chi connectivity index (χ1) is 6.91. The van der Waals surface area contributed by atoms with E-state index in [0.717, 1.165) is 16.8 Å². The van der Waals surface area contributed by atoms with Crippen molar-refractivity contribution in [2.45, 2.75) is 32.5 Å². The van der Waals surface area contributed by atoms with E-state index < -0.39 is 0 Å². The van der Waals surface area contributed by atoms with Crippen molar-refractivity contribution >= 4 is 27.5 Å². The average molecular weight is 270 g/mol. The second kappa shape index (κ2) is 4.79. The molecule has 1 N–H and O–H groups in total. The number of hydrogen-bond acceptors (Lipinski definition) is 1. The van der Waals surface area contributed by atoms with Crippen molar-refractivity contribution in [1.29, 1.82) is 0 Å². The lowest BCUT2D eigenvalue weighted by molar-refractivity contribution is -0.115. The predicted molar refractivity (Wildman–Crippen MR) is 67.7 cm³/mol. The van der Waals surface area contributed by atoms with Gasteiger partial charge in [0.25, 0.3) is 0 Å². The van der Waals surface area contributed by atoms with E-state index in [1.807, 2.05) is 20.8 Å². The number of amides is 1. The first kappa shape index (κ1) is 12.2. The van der Waals surface area contributed by atoms with Crippen molar-refractivity contribution in [3.8, 4) is 0 Å². The molecule has 1 rings (SSSR count). The topological polar surface area (TPSA) is 29.1 Å². The van der Waals surface area contributed by atoms with Crippen LogP contribution in [0.5, 0.6) is 0 Å². The van der Waals surface area contributed by atoms with Crippen LogP contribution in [0.1, 0.15) is 23.6 Å². The van der Waals surface area contributed by atoms with Gasteiger partial charge in [0, 0.05) is 5.69 Å². The molecule has 0 aliphatic carbocycles. The zero-order valence-corrected chi connectivity index (χ0v) is 11.1. The fourth-order valence-corrected chi connectivity index (χ4v) is 1.71. The molecule has 1 unspecified atom stereocenters. The van der Waals surface area contributed by atoms with Crippen LogP contribution in [0.3, 0.4) is 0 Å². The molecule has 0 heterocycles. The summed E-state index contributed by atoms with van der Waals surface area (Å²) >= 11 is 3.25. The van der Waals surface area contributed by atoms with Crippen LogP contribution in [-0.4, -0.2) is 10.7 Å². The quantitative estimate of drug-likeness (QED) is 0.820. The summed E-state index contributed by atoms with van der Waals surface area (Å²) in [5.41, 5.74) is 4.36. The summed E-state index contributed by atoms with van der Waals surface area (Å²) in [7, 11) is 0. The summed E-state index contributed by atoms with van der Waals surface area (Å²) < 4.78 is 0. The SMILES string of the molecule is Cc1cc(C)c(NC(=O)C(C)Br)c(C)c1. The molecule has 1 aromatic carbocycles. The third kappa shape index (κ3) is 3.06. The van der Waals surface area contributed by atoms with E-state index in [-0.39, 0.29) is 10.7 Å². The van der Waals surface area contributed by atoms with Crippen LogP contribution in [-0.2, 0) is 4.79 Å². The van der Waals surface area contributed by atoms with Crippen LogP contribution in [0.4, 0.5) is 5.69 Å². The lowest BCUT2D eigenvalue weighted by atomic mass is 10.1. The molecule has 15 heavy (non-hydrogen) atoms. The largest absolute Gasteiger partial charge is 0.325 e. The molecule has 0 aromatic heterocycles. The van der Waals surface area contributed by atoms with Gasteiger partial charge in [-0.15, -0.1) is 0 Å². The Morgan fingerprint density at radius 3 is 2.13 bits per heavy atom. The van der Waals surface area contributed by atoms with E-state index >= 15 is 0 Å². The average Bonchev–Trinajstić information content (AvgIpc) is 2.10. The Morgan fingerprint density at radius 1 is 1.27 bits per heavy atom. The second-order valence-corrected chi connectivity index (χ2v) is 5.25. The highest BCUT2D eigenvalue weighted by molar-refractivity contribution is 9.10. The fourth-order valence-electron chi connectivity index (χ4n) is 1.60. The maximum absolute atomic E-state index is 11.5. The van der Waals surface area contributed by atoms with Gasteiger partial charge in [-0.1, -0.05) is 33.6 Å². The van der Waals surface area contributed by atoms with Gasteiger partial charge in [0.05, 0.1) is 4.83 Å². The highest BCUT2D eigenvalue weighted by Crippen LogP contribution is 2.22. The number of carbonyl (C=O) groups excluding carboxylic acids is 1. The van der Waals surface area contributed by atoms with Crippen LogP contribution in [0, 0.1) is 20.8 Å². The standard InChI is InChI=1S/C12H16BrNO/c1-7-5-8(2)11(9(3)6-7)14-12(15)10(4)13/h5-6,10H,1-4H3,(H,14,15). The number of benzene rings is 1. The van der Waals surface area contributed by atoms with Crippen molar-refractivity contribution < 1.29 is 4.79 Å². The lowest BCUT2D eigenvalue weighted by Crippen LogP contribution is -2.21. The molecule has 0 radical (unpaired) electrons. The zero-order chi connectivity index (χ0) is 11.6. The van der Waals surface area contributed by atoms with Crippen molar-refractivity contribution in [2.75, 3.05) is 5.32 Å². The number of carbonyl (C=O) groups is 1. The third-order valence-corrected chi connectivity index (χ3v) is 2.70. The van der Waals surface area contributed by atoms with Gasteiger partial charge in [0.2, 0.25) is 5.91 Å². The minimum atomic E-state index is -0.169. The number of rotatable bonds is 2. The Labute approximate surface area is 99.2 Å². The van der Waals surface area contributed by atoms with E-state index in [0.29, 0.717) is 0 Å². The van der Waals surface area contributed by atoms with E-state index in [1.54, 1.807) is 0 Å². The Hall–Kier alpha value is -0.830. The first-order valence-corrected chi connectivity index (χ1v) is 5.86. The Kier molecular flexibility index (Phi) is 3.91. The number of halogens is 1. The molecule has 2 nitrogen and oxygen atoms in total. The molecule has 1 amide bonds. The molecular weight excluding hydrogens is 254 g/mol. The summed E-state index contributed by atoms with van der Waals surface area (Å²) in [4.78, 5) is 11.4. The van der Waals surface area contributed by atoms with Crippen molar-refractivity contribution in [1.82, 2.24) is 0 Å². The van der Waals surface area contributed by atoms with Gasteiger partial charge in [-0.25, -0.2) is 0 Å². The van der Waals surface area contributed by atoms with Crippen LogP contribution in [0.15, 0.2) is 12.1 Å².